The molecular weight excluding hydrogens is 187 g/mol. The average molecular weight is 205 g/mol. The smallest absolute Gasteiger partial charge is 0.343 e. The van der Waals surface area contributed by atoms with Crippen LogP contribution in [0.1, 0.15) is 39.5 Å². The molecule has 0 amide bonds. The Balaban J connectivity index is -0.0000000720. The van der Waals surface area contributed by atoms with Crippen molar-refractivity contribution >= 4 is 0 Å². The van der Waals surface area contributed by atoms with Crippen molar-refractivity contribution in [3.05, 3.63) is 13.8 Å². The van der Waals surface area contributed by atoms with Crippen LogP contribution in [0.25, 0.3) is 0 Å². The number of rotatable bonds is 2. The summed E-state index contributed by atoms with van der Waals surface area (Å²) in [5.41, 5.74) is 0. The van der Waals surface area contributed by atoms with Gasteiger partial charge in [-0.2, -0.15) is 12.8 Å². The van der Waals surface area contributed by atoms with Crippen LogP contribution in [0, 0.1) is 13.8 Å². The van der Waals surface area contributed by atoms with Gasteiger partial charge in [-0.25, -0.2) is 0 Å². The minimum Gasteiger partial charge on any atom is -0.343 e. The Morgan fingerprint density at radius 1 is 0.889 bits per heavy atom. The molecule has 1 heteroatoms. The third-order valence-corrected chi connectivity index (χ3v) is 0.707. The quantitative estimate of drug-likeness (QED) is 0.607. The molecule has 0 aromatic rings. The van der Waals surface area contributed by atoms with Gasteiger partial charge >= 0.3 is 26.2 Å². The summed E-state index contributed by atoms with van der Waals surface area (Å²) in [5, 5.41) is 0. The zero-order valence-corrected chi connectivity index (χ0v) is 9.20. The topological polar surface area (TPSA) is 0 Å². The van der Waals surface area contributed by atoms with Crippen molar-refractivity contribution in [1.82, 2.24) is 0 Å². The second-order valence-electron chi connectivity index (χ2n) is 1.71. The molecule has 0 aliphatic carbocycles. The molecule has 0 nitrogen and oxygen atoms in total. The molecule has 0 atom stereocenters. The van der Waals surface area contributed by atoms with Gasteiger partial charge in [0, 0.05) is 0 Å². The van der Waals surface area contributed by atoms with Crippen molar-refractivity contribution in [2.75, 3.05) is 0 Å². The monoisotopic (exact) mass is 204 g/mol. The maximum atomic E-state index is 3.60. The van der Waals surface area contributed by atoms with Gasteiger partial charge in [0.1, 0.15) is 0 Å². The van der Waals surface area contributed by atoms with Gasteiger partial charge in [-0.05, 0) is 0 Å². The third kappa shape index (κ3) is 50.6. The van der Waals surface area contributed by atoms with E-state index in [-0.39, 0.29) is 26.2 Å². The summed E-state index contributed by atoms with van der Waals surface area (Å²) in [6, 6.07) is 0. The van der Waals surface area contributed by atoms with Gasteiger partial charge in [0.25, 0.3) is 0 Å². The molecule has 54 valence electrons. The fourth-order valence-corrected chi connectivity index (χ4v) is 0. The first kappa shape index (κ1) is 16.5. The normalized spacial score (nSPS) is 6.67. The minimum absolute atomic E-state index is 0. The molecule has 0 N–H and O–H groups in total. The molecule has 0 aromatic heterocycles. The molecule has 9 heavy (non-hydrogen) atoms. The maximum Gasteiger partial charge on any atom is 2.00 e. The SMILES string of the molecule is [CH2-]CCC.[CH2-]CCC.[Zr+2]. The van der Waals surface area contributed by atoms with E-state index in [0.29, 0.717) is 0 Å². The molecule has 0 spiro atoms. The van der Waals surface area contributed by atoms with E-state index in [2.05, 4.69) is 27.7 Å². The minimum atomic E-state index is 0. The Labute approximate surface area is 79.5 Å². The summed E-state index contributed by atoms with van der Waals surface area (Å²) >= 11 is 0. The Morgan fingerprint density at radius 3 is 1.00 bits per heavy atom. The van der Waals surface area contributed by atoms with Crippen LogP contribution in [-0.4, -0.2) is 0 Å². The second-order valence-corrected chi connectivity index (χ2v) is 1.71. The third-order valence-electron chi connectivity index (χ3n) is 0.707. The van der Waals surface area contributed by atoms with Crippen LogP contribution >= 0.6 is 0 Å². The van der Waals surface area contributed by atoms with E-state index in [1.54, 1.807) is 0 Å². The van der Waals surface area contributed by atoms with Crippen LogP contribution in [0.2, 0.25) is 0 Å². The van der Waals surface area contributed by atoms with Gasteiger partial charge in [0.15, 0.2) is 0 Å². The molecule has 0 saturated carbocycles. The van der Waals surface area contributed by atoms with Crippen LogP contribution in [-0.2, 0) is 26.2 Å². The van der Waals surface area contributed by atoms with Crippen LogP contribution in [0.5, 0.6) is 0 Å². The molecule has 0 bridgehead atoms. The van der Waals surface area contributed by atoms with Crippen molar-refractivity contribution in [2.24, 2.45) is 0 Å². The maximum absolute atomic E-state index is 3.60. The Kier molecular flexibility index (Phi) is 42.3. The number of hydrogen-bond donors (Lipinski definition) is 0. The predicted molar refractivity (Wildman–Crippen MR) is 40.5 cm³/mol. The van der Waals surface area contributed by atoms with Gasteiger partial charge in [-0.1, -0.05) is 26.7 Å². The van der Waals surface area contributed by atoms with Crippen molar-refractivity contribution in [3.63, 3.8) is 0 Å². The molecule has 0 fully saturated rings. The molecule has 0 rings (SSSR count). The first-order valence-electron chi connectivity index (χ1n) is 3.41. The first-order chi connectivity index (χ1) is 3.83. The largest absolute Gasteiger partial charge is 2.00 e. The summed E-state index contributed by atoms with van der Waals surface area (Å²) in [7, 11) is 0. The Bertz CT molecular complexity index is 12.5. The molecule has 0 radical (unpaired) electrons. The predicted octanol–water partition coefficient (Wildman–Crippen LogP) is 3.24. The average Bonchev–Trinajstić information content (AvgIpc) is 1.88. The van der Waals surface area contributed by atoms with E-state index in [0.717, 1.165) is 12.8 Å². The van der Waals surface area contributed by atoms with Gasteiger partial charge in [0.2, 0.25) is 0 Å². The van der Waals surface area contributed by atoms with Crippen LogP contribution in [0.3, 0.4) is 0 Å². The number of hydrogen-bond acceptors (Lipinski definition) is 0. The van der Waals surface area contributed by atoms with Gasteiger partial charge in [-0.3, -0.25) is 0 Å². The summed E-state index contributed by atoms with van der Waals surface area (Å²) in [4.78, 5) is 0. The molecule has 0 saturated heterocycles. The summed E-state index contributed by atoms with van der Waals surface area (Å²) in [6.45, 7) is 11.4. The summed E-state index contributed by atoms with van der Waals surface area (Å²) in [5.74, 6) is 0. The van der Waals surface area contributed by atoms with Gasteiger partial charge in [-0.15, -0.1) is 0 Å². The van der Waals surface area contributed by atoms with Gasteiger partial charge < -0.3 is 13.8 Å². The molecule has 0 heterocycles. The van der Waals surface area contributed by atoms with Crippen molar-refractivity contribution in [1.29, 1.82) is 0 Å². The molecule has 0 aromatic carbocycles. The molecule has 0 aliphatic heterocycles. The van der Waals surface area contributed by atoms with E-state index in [4.69, 9.17) is 0 Å². The second kappa shape index (κ2) is 23.2. The zero-order chi connectivity index (χ0) is 6.83. The zero-order valence-electron chi connectivity index (χ0n) is 6.74. The molecular formula is C8H18Zr. The van der Waals surface area contributed by atoms with Crippen LogP contribution in [0.4, 0.5) is 0 Å². The van der Waals surface area contributed by atoms with E-state index < -0.39 is 0 Å². The molecule has 0 unspecified atom stereocenters. The summed E-state index contributed by atoms with van der Waals surface area (Å²) in [6.07, 6.45) is 4.56. The van der Waals surface area contributed by atoms with Crippen LogP contribution < -0.4 is 0 Å². The molecule has 0 aliphatic rings. The van der Waals surface area contributed by atoms with E-state index >= 15 is 0 Å². The van der Waals surface area contributed by atoms with Crippen molar-refractivity contribution in [3.8, 4) is 0 Å². The fraction of sp³-hybridized carbons (Fsp3) is 0.750. The Morgan fingerprint density at radius 2 is 1.00 bits per heavy atom. The van der Waals surface area contributed by atoms with Crippen molar-refractivity contribution < 1.29 is 26.2 Å². The standard InChI is InChI=1S/2C4H9.Zr/c2*1-3-4-2;/h2*1,3-4H2,2H3;/q2*-1;+2. The number of unbranched alkanes of at least 4 members (excludes halogenated alkanes) is 2. The van der Waals surface area contributed by atoms with E-state index in [9.17, 15) is 0 Å². The van der Waals surface area contributed by atoms with E-state index in [1.807, 2.05) is 0 Å². The summed E-state index contributed by atoms with van der Waals surface area (Å²) < 4.78 is 0. The Hall–Kier alpha value is 0.883. The first-order valence-corrected chi connectivity index (χ1v) is 3.41. The van der Waals surface area contributed by atoms with Gasteiger partial charge in [0.05, 0.1) is 0 Å². The van der Waals surface area contributed by atoms with Crippen LogP contribution in [0.15, 0.2) is 0 Å². The fourth-order valence-electron chi connectivity index (χ4n) is 0. The van der Waals surface area contributed by atoms with E-state index in [1.165, 1.54) is 12.8 Å². The van der Waals surface area contributed by atoms with Crippen molar-refractivity contribution in [2.45, 2.75) is 39.5 Å².